The van der Waals surface area contributed by atoms with Gasteiger partial charge in [0.15, 0.2) is 0 Å². The SMILES string of the molecule is CCCOc1cccc2c(NN)c3c(nc12)CCC3. The monoisotopic (exact) mass is 257 g/mol. The molecule has 3 rings (SSSR count). The Kier molecular flexibility index (Phi) is 3.25. The first-order valence-electron chi connectivity index (χ1n) is 6.89. The molecule has 4 heteroatoms. The topological polar surface area (TPSA) is 60.2 Å². The van der Waals surface area contributed by atoms with Crippen molar-refractivity contribution in [3.8, 4) is 5.75 Å². The van der Waals surface area contributed by atoms with Crippen LogP contribution in [0.1, 0.15) is 31.0 Å². The smallest absolute Gasteiger partial charge is 0.145 e. The summed E-state index contributed by atoms with van der Waals surface area (Å²) in [6.45, 7) is 2.81. The fourth-order valence-corrected chi connectivity index (χ4v) is 2.75. The Morgan fingerprint density at radius 1 is 1.37 bits per heavy atom. The first kappa shape index (κ1) is 12.2. The van der Waals surface area contributed by atoms with Gasteiger partial charge in [0.1, 0.15) is 11.3 Å². The number of benzene rings is 1. The minimum atomic E-state index is 0.712. The van der Waals surface area contributed by atoms with Gasteiger partial charge in [-0.1, -0.05) is 19.1 Å². The van der Waals surface area contributed by atoms with E-state index in [0.29, 0.717) is 6.61 Å². The van der Waals surface area contributed by atoms with Crippen molar-refractivity contribution < 1.29 is 4.74 Å². The molecule has 1 aromatic carbocycles. The Morgan fingerprint density at radius 2 is 2.26 bits per heavy atom. The van der Waals surface area contributed by atoms with Crippen LogP contribution in [0.3, 0.4) is 0 Å². The highest BCUT2D eigenvalue weighted by atomic mass is 16.5. The molecule has 1 aliphatic carbocycles. The van der Waals surface area contributed by atoms with Crippen LogP contribution >= 0.6 is 0 Å². The van der Waals surface area contributed by atoms with Gasteiger partial charge in [0.25, 0.3) is 0 Å². The second-order valence-corrected chi connectivity index (χ2v) is 4.91. The lowest BCUT2D eigenvalue weighted by Gasteiger charge is -2.14. The average Bonchev–Trinajstić information content (AvgIpc) is 2.90. The third-order valence-corrected chi connectivity index (χ3v) is 3.61. The molecule has 19 heavy (non-hydrogen) atoms. The van der Waals surface area contributed by atoms with Gasteiger partial charge >= 0.3 is 0 Å². The maximum Gasteiger partial charge on any atom is 0.145 e. The highest BCUT2D eigenvalue weighted by molar-refractivity contribution is 5.96. The Balaban J connectivity index is 2.21. The quantitative estimate of drug-likeness (QED) is 0.653. The first-order valence-corrected chi connectivity index (χ1v) is 6.89. The molecular weight excluding hydrogens is 238 g/mol. The number of nitrogens with two attached hydrogens (primary N) is 1. The molecule has 3 N–H and O–H groups in total. The van der Waals surface area contributed by atoms with Gasteiger partial charge in [0.05, 0.1) is 12.3 Å². The zero-order valence-electron chi connectivity index (χ0n) is 11.2. The van der Waals surface area contributed by atoms with Crippen LogP contribution in [0.25, 0.3) is 10.9 Å². The summed E-state index contributed by atoms with van der Waals surface area (Å²) in [5.41, 5.74) is 7.22. The highest BCUT2D eigenvalue weighted by Gasteiger charge is 2.20. The molecule has 0 radical (unpaired) electrons. The summed E-state index contributed by atoms with van der Waals surface area (Å²) >= 11 is 0. The summed E-state index contributed by atoms with van der Waals surface area (Å²) in [6, 6.07) is 6.03. The number of nitrogen functional groups attached to an aromatic ring is 1. The van der Waals surface area contributed by atoms with E-state index in [1.807, 2.05) is 12.1 Å². The van der Waals surface area contributed by atoms with E-state index in [-0.39, 0.29) is 0 Å². The number of hydrazine groups is 1. The third kappa shape index (κ3) is 2.02. The van der Waals surface area contributed by atoms with Gasteiger partial charge in [-0.25, -0.2) is 4.98 Å². The predicted octanol–water partition coefficient (Wildman–Crippen LogP) is 2.80. The first-order chi connectivity index (χ1) is 9.35. The van der Waals surface area contributed by atoms with Crippen LogP contribution in [0.4, 0.5) is 5.69 Å². The second kappa shape index (κ2) is 5.05. The van der Waals surface area contributed by atoms with E-state index in [9.17, 15) is 0 Å². The maximum absolute atomic E-state index is 5.80. The molecule has 1 aromatic heterocycles. The zero-order chi connectivity index (χ0) is 13.2. The molecule has 1 aliphatic rings. The maximum atomic E-state index is 5.80. The number of aryl methyl sites for hydroxylation is 1. The fraction of sp³-hybridized carbons (Fsp3) is 0.400. The number of ether oxygens (including phenoxy) is 1. The van der Waals surface area contributed by atoms with Crippen LogP contribution in [0, 0.1) is 0 Å². The van der Waals surface area contributed by atoms with Crippen LogP contribution < -0.4 is 16.0 Å². The van der Waals surface area contributed by atoms with Crippen LogP contribution in [-0.2, 0) is 12.8 Å². The fourth-order valence-electron chi connectivity index (χ4n) is 2.75. The third-order valence-electron chi connectivity index (χ3n) is 3.61. The lowest BCUT2D eigenvalue weighted by atomic mass is 10.1. The summed E-state index contributed by atoms with van der Waals surface area (Å²) < 4.78 is 5.80. The molecule has 1 heterocycles. The Morgan fingerprint density at radius 3 is 3.05 bits per heavy atom. The van der Waals surface area contributed by atoms with Crippen molar-refractivity contribution in [2.45, 2.75) is 32.6 Å². The minimum absolute atomic E-state index is 0.712. The molecule has 0 bridgehead atoms. The van der Waals surface area contributed by atoms with Crippen molar-refractivity contribution in [3.05, 3.63) is 29.5 Å². The number of anilines is 1. The zero-order valence-corrected chi connectivity index (χ0v) is 11.2. The minimum Gasteiger partial charge on any atom is -0.491 e. The van der Waals surface area contributed by atoms with E-state index in [2.05, 4.69) is 18.4 Å². The number of fused-ring (bicyclic) bond motifs is 2. The molecule has 0 saturated carbocycles. The molecule has 0 fully saturated rings. The number of pyridine rings is 1. The second-order valence-electron chi connectivity index (χ2n) is 4.91. The number of rotatable bonds is 4. The molecule has 2 aromatic rings. The van der Waals surface area contributed by atoms with E-state index in [1.165, 1.54) is 5.56 Å². The van der Waals surface area contributed by atoms with E-state index in [1.54, 1.807) is 0 Å². The average molecular weight is 257 g/mol. The van der Waals surface area contributed by atoms with Crippen molar-refractivity contribution in [3.63, 3.8) is 0 Å². The summed E-state index contributed by atoms with van der Waals surface area (Å²) in [5.74, 6) is 6.57. The molecule has 100 valence electrons. The van der Waals surface area contributed by atoms with E-state index < -0.39 is 0 Å². The number of nitrogens with one attached hydrogen (secondary N) is 1. The lowest BCUT2D eigenvalue weighted by Crippen LogP contribution is -2.11. The van der Waals surface area contributed by atoms with Crippen LogP contribution in [-0.4, -0.2) is 11.6 Å². The van der Waals surface area contributed by atoms with Gasteiger partial charge < -0.3 is 10.2 Å². The summed E-state index contributed by atoms with van der Waals surface area (Å²) in [7, 11) is 0. The van der Waals surface area contributed by atoms with Gasteiger partial charge in [0, 0.05) is 11.1 Å². The summed E-state index contributed by atoms with van der Waals surface area (Å²) in [5, 5.41) is 1.05. The Hall–Kier alpha value is -1.81. The molecule has 4 nitrogen and oxygen atoms in total. The van der Waals surface area contributed by atoms with Crippen LogP contribution in [0.2, 0.25) is 0 Å². The number of hydrogen-bond donors (Lipinski definition) is 2. The number of hydrogen-bond acceptors (Lipinski definition) is 4. The number of nitrogens with zero attached hydrogens (tertiary/aromatic N) is 1. The molecule has 0 unspecified atom stereocenters. The molecule has 0 amide bonds. The molecule has 0 saturated heterocycles. The van der Waals surface area contributed by atoms with Crippen molar-refractivity contribution in [1.29, 1.82) is 0 Å². The Labute approximate surface area is 112 Å². The van der Waals surface area contributed by atoms with Crippen LogP contribution in [0.15, 0.2) is 18.2 Å². The summed E-state index contributed by atoms with van der Waals surface area (Å²) in [6.07, 6.45) is 4.22. The Bertz CT molecular complexity index is 610. The number of aromatic nitrogens is 1. The summed E-state index contributed by atoms with van der Waals surface area (Å²) in [4.78, 5) is 4.80. The number of para-hydroxylation sites is 1. The van der Waals surface area contributed by atoms with Gasteiger partial charge in [-0.2, -0.15) is 0 Å². The van der Waals surface area contributed by atoms with Crippen molar-refractivity contribution in [1.82, 2.24) is 4.98 Å². The molecular formula is C15H19N3O. The molecule has 0 atom stereocenters. The van der Waals surface area contributed by atoms with E-state index in [4.69, 9.17) is 15.6 Å². The van der Waals surface area contributed by atoms with Gasteiger partial charge in [-0.05, 0) is 37.3 Å². The predicted molar refractivity (Wildman–Crippen MR) is 77.4 cm³/mol. The van der Waals surface area contributed by atoms with E-state index >= 15 is 0 Å². The standard InChI is InChI=1S/C15H19N3O/c1-2-9-19-13-8-4-6-11-14(18-16)10-5-3-7-12(10)17-15(11)13/h4,6,8H,2-3,5,7,9,16H2,1H3,(H,17,18). The van der Waals surface area contributed by atoms with Crippen molar-refractivity contribution in [2.24, 2.45) is 5.84 Å². The molecule has 0 aliphatic heterocycles. The van der Waals surface area contributed by atoms with Gasteiger partial charge in [0.2, 0.25) is 0 Å². The van der Waals surface area contributed by atoms with Gasteiger partial charge in [-0.3, -0.25) is 5.84 Å². The molecule has 0 spiro atoms. The van der Waals surface area contributed by atoms with E-state index in [0.717, 1.165) is 53.7 Å². The normalized spacial score (nSPS) is 13.6. The van der Waals surface area contributed by atoms with Crippen molar-refractivity contribution in [2.75, 3.05) is 12.0 Å². The van der Waals surface area contributed by atoms with Crippen molar-refractivity contribution >= 4 is 16.6 Å². The lowest BCUT2D eigenvalue weighted by molar-refractivity contribution is 0.320. The largest absolute Gasteiger partial charge is 0.491 e. The van der Waals surface area contributed by atoms with Gasteiger partial charge in [-0.15, -0.1) is 0 Å². The highest BCUT2D eigenvalue weighted by Crippen LogP contribution is 2.36. The van der Waals surface area contributed by atoms with Crippen LogP contribution in [0.5, 0.6) is 5.75 Å².